The van der Waals surface area contributed by atoms with Gasteiger partial charge in [-0.1, -0.05) is 42.4 Å². The molecule has 0 saturated carbocycles. The number of fused-ring (bicyclic) bond motifs is 1. The maximum atomic E-state index is 11.8. The van der Waals surface area contributed by atoms with Crippen molar-refractivity contribution >= 4 is 28.5 Å². The number of nitrogens with one attached hydrogen (secondary N) is 1. The van der Waals surface area contributed by atoms with Crippen LogP contribution < -0.4 is 5.32 Å². The number of benzene rings is 2. The first-order chi connectivity index (χ1) is 11.5. The van der Waals surface area contributed by atoms with Crippen LogP contribution in [0.3, 0.4) is 0 Å². The zero-order valence-electron chi connectivity index (χ0n) is 13.4. The SMILES string of the molecule is C=C(C)C(=O)NCc1nc2ccccc2n1Cc1ccc(Cl)cc1. The first kappa shape index (κ1) is 16.3. The molecule has 4 nitrogen and oxygen atoms in total. The highest BCUT2D eigenvalue weighted by Crippen LogP contribution is 2.19. The fraction of sp³-hybridized carbons (Fsp3) is 0.158. The summed E-state index contributed by atoms with van der Waals surface area (Å²) in [5.74, 6) is 0.640. The molecule has 0 aliphatic carbocycles. The highest BCUT2D eigenvalue weighted by Gasteiger charge is 2.12. The Kier molecular flexibility index (Phi) is 4.67. The predicted octanol–water partition coefficient (Wildman–Crippen LogP) is 3.93. The second kappa shape index (κ2) is 6.89. The molecule has 0 bridgehead atoms. The second-order valence-corrected chi connectivity index (χ2v) is 6.13. The molecule has 0 spiro atoms. The molecule has 3 aromatic rings. The van der Waals surface area contributed by atoms with Crippen LogP contribution in [-0.4, -0.2) is 15.5 Å². The first-order valence-electron chi connectivity index (χ1n) is 7.67. The van der Waals surface area contributed by atoms with Gasteiger partial charge in [-0.3, -0.25) is 4.79 Å². The van der Waals surface area contributed by atoms with Crippen LogP contribution >= 0.6 is 11.6 Å². The van der Waals surface area contributed by atoms with E-state index in [0.717, 1.165) is 22.4 Å². The molecular weight excluding hydrogens is 322 g/mol. The minimum Gasteiger partial charge on any atom is -0.345 e. The van der Waals surface area contributed by atoms with Crippen LogP contribution in [0, 0.1) is 0 Å². The Balaban J connectivity index is 1.94. The van der Waals surface area contributed by atoms with Crippen LogP contribution in [0.4, 0.5) is 0 Å². The number of hydrogen-bond acceptors (Lipinski definition) is 2. The number of nitrogens with zero attached hydrogens (tertiary/aromatic N) is 2. The molecule has 0 fully saturated rings. The predicted molar refractivity (Wildman–Crippen MR) is 96.9 cm³/mol. The summed E-state index contributed by atoms with van der Waals surface area (Å²) in [7, 11) is 0. The quantitative estimate of drug-likeness (QED) is 0.716. The third-order valence-electron chi connectivity index (χ3n) is 3.78. The summed E-state index contributed by atoms with van der Waals surface area (Å²) < 4.78 is 2.11. The Morgan fingerprint density at radius 3 is 2.62 bits per heavy atom. The molecule has 3 rings (SSSR count). The van der Waals surface area contributed by atoms with Crippen LogP contribution in [0.5, 0.6) is 0 Å². The number of para-hydroxylation sites is 2. The summed E-state index contributed by atoms with van der Waals surface area (Å²) in [5, 5.41) is 3.56. The molecule has 1 aromatic heterocycles. The summed E-state index contributed by atoms with van der Waals surface area (Å²) in [6, 6.07) is 15.7. The zero-order chi connectivity index (χ0) is 17.1. The Hall–Kier alpha value is -2.59. The van der Waals surface area contributed by atoms with Crippen LogP contribution in [0.2, 0.25) is 5.02 Å². The first-order valence-corrected chi connectivity index (χ1v) is 8.04. The van der Waals surface area contributed by atoms with Crippen molar-refractivity contribution in [3.05, 3.63) is 77.1 Å². The van der Waals surface area contributed by atoms with E-state index >= 15 is 0 Å². The highest BCUT2D eigenvalue weighted by molar-refractivity contribution is 6.30. The summed E-state index contributed by atoms with van der Waals surface area (Å²) >= 11 is 5.96. The maximum Gasteiger partial charge on any atom is 0.246 e. The smallest absolute Gasteiger partial charge is 0.246 e. The molecular formula is C19H18ClN3O. The normalized spacial score (nSPS) is 10.8. The molecule has 0 unspecified atom stereocenters. The van der Waals surface area contributed by atoms with Gasteiger partial charge in [0.25, 0.3) is 0 Å². The molecule has 1 heterocycles. The molecule has 24 heavy (non-hydrogen) atoms. The largest absolute Gasteiger partial charge is 0.345 e. The minimum absolute atomic E-state index is 0.167. The Morgan fingerprint density at radius 1 is 1.21 bits per heavy atom. The van der Waals surface area contributed by atoms with Crippen molar-refractivity contribution in [3.8, 4) is 0 Å². The van der Waals surface area contributed by atoms with Crippen molar-refractivity contribution in [1.82, 2.24) is 14.9 Å². The number of carbonyl (C=O) groups excluding carboxylic acids is 1. The minimum atomic E-state index is -0.167. The fourth-order valence-electron chi connectivity index (χ4n) is 2.52. The van der Waals surface area contributed by atoms with E-state index < -0.39 is 0 Å². The molecule has 0 saturated heterocycles. The van der Waals surface area contributed by atoms with E-state index in [2.05, 4.69) is 21.4 Å². The molecule has 1 N–H and O–H groups in total. The van der Waals surface area contributed by atoms with Gasteiger partial charge in [-0.15, -0.1) is 0 Å². The number of imidazole rings is 1. The van der Waals surface area contributed by atoms with E-state index in [1.165, 1.54) is 0 Å². The third kappa shape index (κ3) is 3.49. The van der Waals surface area contributed by atoms with E-state index in [0.29, 0.717) is 23.7 Å². The number of carbonyl (C=O) groups is 1. The van der Waals surface area contributed by atoms with Gasteiger partial charge in [0.2, 0.25) is 5.91 Å². The molecule has 5 heteroatoms. The molecule has 0 aliphatic rings. The van der Waals surface area contributed by atoms with Gasteiger partial charge in [0.1, 0.15) is 5.82 Å². The summed E-state index contributed by atoms with van der Waals surface area (Å²) in [6.07, 6.45) is 0. The van der Waals surface area contributed by atoms with Gasteiger partial charge >= 0.3 is 0 Å². The summed E-state index contributed by atoms with van der Waals surface area (Å²) in [5.41, 5.74) is 3.54. The Labute approximate surface area is 145 Å². The summed E-state index contributed by atoms with van der Waals surface area (Å²) in [6.45, 7) is 6.36. The molecule has 0 atom stereocenters. The Bertz CT molecular complexity index is 897. The molecule has 122 valence electrons. The van der Waals surface area contributed by atoms with Crippen molar-refractivity contribution in [1.29, 1.82) is 0 Å². The van der Waals surface area contributed by atoms with E-state index in [4.69, 9.17) is 11.6 Å². The van der Waals surface area contributed by atoms with E-state index in [1.54, 1.807) is 6.92 Å². The number of amides is 1. The zero-order valence-corrected chi connectivity index (χ0v) is 14.2. The summed E-state index contributed by atoms with van der Waals surface area (Å²) in [4.78, 5) is 16.4. The lowest BCUT2D eigenvalue weighted by atomic mass is 10.2. The van der Waals surface area contributed by atoms with E-state index in [1.807, 2.05) is 48.5 Å². The number of hydrogen-bond donors (Lipinski definition) is 1. The van der Waals surface area contributed by atoms with Gasteiger partial charge in [0.05, 0.1) is 17.6 Å². The third-order valence-corrected chi connectivity index (χ3v) is 4.03. The highest BCUT2D eigenvalue weighted by atomic mass is 35.5. The average Bonchev–Trinajstić information content (AvgIpc) is 2.92. The monoisotopic (exact) mass is 339 g/mol. The van der Waals surface area contributed by atoms with Gasteiger partial charge in [0, 0.05) is 17.1 Å². The van der Waals surface area contributed by atoms with Gasteiger partial charge in [-0.2, -0.15) is 0 Å². The second-order valence-electron chi connectivity index (χ2n) is 5.69. The average molecular weight is 340 g/mol. The van der Waals surface area contributed by atoms with Gasteiger partial charge in [0.15, 0.2) is 0 Å². The van der Waals surface area contributed by atoms with Gasteiger partial charge < -0.3 is 9.88 Å². The van der Waals surface area contributed by atoms with Crippen LogP contribution in [0.1, 0.15) is 18.3 Å². The van der Waals surface area contributed by atoms with Crippen LogP contribution in [0.25, 0.3) is 11.0 Å². The topological polar surface area (TPSA) is 46.9 Å². The van der Waals surface area contributed by atoms with Crippen molar-refractivity contribution in [2.75, 3.05) is 0 Å². The molecule has 1 amide bonds. The molecule has 0 aliphatic heterocycles. The van der Waals surface area contributed by atoms with Crippen molar-refractivity contribution in [2.45, 2.75) is 20.0 Å². The van der Waals surface area contributed by atoms with Crippen molar-refractivity contribution < 1.29 is 4.79 Å². The molecule has 2 aromatic carbocycles. The van der Waals surface area contributed by atoms with E-state index in [-0.39, 0.29) is 5.91 Å². The standard InChI is InChI=1S/C19H18ClN3O/c1-13(2)19(24)21-11-18-22-16-5-3-4-6-17(16)23(18)12-14-7-9-15(20)10-8-14/h3-10H,1,11-12H2,2H3,(H,21,24). The van der Waals surface area contributed by atoms with Crippen LogP contribution in [-0.2, 0) is 17.9 Å². The van der Waals surface area contributed by atoms with Crippen molar-refractivity contribution in [3.63, 3.8) is 0 Å². The van der Waals surface area contributed by atoms with Gasteiger partial charge in [-0.25, -0.2) is 4.98 Å². The number of rotatable bonds is 5. The lowest BCUT2D eigenvalue weighted by Crippen LogP contribution is -2.25. The van der Waals surface area contributed by atoms with E-state index in [9.17, 15) is 4.79 Å². The van der Waals surface area contributed by atoms with Crippen LogP contribution in [0.15, 0.2) is 60.7 Å². The maximum absolute atomic E-state index is 11.8. The Morgan fingerprint density at radius 2 is 1.92 bits per heavy atom. The molecule has 0 radical (unpaired) electrons. The van der Waals surface area contributed by atoms with Gasteiger partial charge in [-0.05, 0) is 36.8 Å². The fourth-order valence-corrected chi connectivity index (χ4v) is 2.65. The lowest BCUT2D eigenvalue weighted by molar-refractivity contribution is -0.117. The van der Waals surface area contributed by atoms with Crippen molar-refractivity contribution in [2.24, 2.45) is 0 Å². The lowest BCUT2D eigenvalue weighted by Gasteiger charge is -2.10. The number of aromatic nitrogens is 2. The number of halogens is 1.